The molecule has 1 heterocycles. The fraction of sp³-hybridized carbons (Fsp3) is 0.636. The van der Waals surface area contributed by atoms with Crippen LogP contribution in [0.5, 0.6) is 5.75 Å². The van der Waals surface area contributed by atoms with Gasteiger partial charge >= 0.3 is 0 Å². The predicted molar refractivity (Wildman–Crippen MR) is 110 cm³/mol. The van der Waals surface area contributed by atoms with Gasteiger partial charge < -0.3 is 15.0 Å². The lowest BCUT2D eigenvalue weighted by molar-refractivity contribution is -0.137. The molecule has 1 aromatic rings. The van der Waals surface area contributed by atoms with E-state index in [2.05, 4.69) is 10.2 Å². The van der Waals surface area contributed by atoms with Crippen molar-refractivity contribution in [3.8, 4) is 5.75 Å². The van der Waals surface area contributed by atoms with Crippen LogP contribution in [-0.4, -0.2) is 60.9 Å². The van der Waals surface area contributed by atoms with Gasteiger partial charge in [-0.2, -0.15) is 0 Å². The van der Waals surface area contributed by atoms with E-state index in [-0.39, 0.29) is 23.8 Å². The maximum Gasteiger partial charge on any atom is 0.242 e. The van der Waals surface area contributed by atoms with Crippen molar-refractivity contribution in [2.45, 2.75) is 45.6 Å². The first-order valence-electron chi connectivity index (χ1n) is 10.5. The number of nitrogens with one attached hydrogen (secondary N) is 1. The molecule has 1 aliphatic heterocycles. The van der Waals surface area contributed by atoms with Crippen LogP contribution in [0.4, 0.5) is 5.69 Å². The van der Waals surface area contributed by atoms with Gasteiger partial charge in [0.15, 0.2) is 0 Å². The van der Waals surface area contributed by atoms with Crippen molar-refractivity contribution in [2.75, 3.05) is 38.6 Å². The van der Waals surface area contributed by atoms with E-state index in [9.17, 15) is 9.59 Å². The summed E-state index contributed by atoms with van der Waals surface area (Å²) in [6.07, 6.45) is 4.58. The number of nitrogens with zero attached hydrogens (tertiary/aromatic N) is 2. The lowest BCUT2D eigenvalue weighted by Gasteiger charge is -2.41. The third-order valence-corrected chi connectivity index (χ3v) is 5.97. The normalized spacial score (nSPS) is 19.6. The SMILES string of the molecule is COc1cccc(NC(=O)C(C2CCCC2)N2CCN(C(=O)C(C)C)CC2)c1. The maximum atomic E-state index is 13.2. The molecule has 1 unspecified atom stereocenters. The second-order valence-electron chi connectivity index (χ2n) is 8.23. The van der Waals surface area contributed by atoms with Crippen LogP contribution < -0.4 is 10.1 Å². The van der Waals surface area contributed by atoms with Gasteiger partial charge in [0, 0.05) is 43.9 Å². The van der Waals surface area contributed by atoms with Gasteiger partial charge in [-0.25, -0.2) is 0 Å². The standard InChI is InChI=1S/C22H33N3O3/c1-16(2)22(27)25-13-11-24(12-14-25)20(17-7-4-5-8-17)21(26)23-18-9-6-10-19(15-18)28-3/h6,9-10,15-17,20H,4-5,7-8,11-14H2,1-3H3,(H,23,26). The summed E-state index contributed by atoms with van der Waals surface area (Å²) in [5.41, 5.74) is 0.765. The molecule has 0 radical (unpaired) electrons. The molecule has 2 fully saturated rings. The van der Waals surface area contributed by atoms with Crippen molar-refractivity contribution in [3.63, 3.8) is 0 Å². The van der Waals surface area contributed by atoms with E-state index in [0.717, 1.165) is 37.4 Å². The van der Waals surface area contributed by atoms with E-state index in [4.69, 9.17) is 4.74 Å². The molecule has 3 rings (SSSR count). The predicted octanol–water partition coefficient (Wildman–Crippen LogP) is 2.99. The number of rotatable bonds is 6. The molecule has 154 valence electrons. The molecule has 1 aromatic carbocycles. The summed E-state index contributed by atoms with van der Waals surface area (Å²) in [4.78, 5) is 29.8. The van der Waals surface area contributed by atoms with Gasteiger partial charge in [0.05, 0.1) is 13.2 Å². The highest BCUT2D eigenvalue weighted by molar-refractivity contribution is 5.95. The van der Waals surface area contributed by atoms with Gasteiger partial charge in [-0.3, -0.25) is 14.5 Å². The van der Waals surface area contributed by atoms with Crippen molar-refractivity contribution in [3.05, 3.63) is 24.3 Å². The average Bonchev–Trinajstić information content (AvgIpc) is 3.22. The summed E-state index contributed by atoms with van der Waals surface area (Å²) < 4.78 is 5.27. The highest BCUT2D eigenvalue weighted by atomic mass is 16.5. The first kappa shape index (κ1) is 20.6. The van der Waals surface area contributed by atoms with Gasteiger partial charge in [-0.1, -0.05) is 32.8 Å². The molecule has 1 aliphatic carbocycles. The van der Waals surface area contributed by atoms with Crippen LogP contribution in [0.2, 0.25) is 0 Å². The Bertz CT molecular complexity index is 677. The van der Waals surface area contributed by atoms with Crippen LogP contribution >= 0.6 is 0 Å². The number of carbonyl (C=O) groups is 2. The van der Waals surface area contributed by atoms with Crippen molar-refractivity contribution in [2.24, 2.45) is 11.8 Å². The Kier molecular flexibility index (Phi) is 6.94. The fourth-order valence-electron chi connectivity index (χ4n) is 4.45. The number of hydrogen-bond donors (Lipinski definition) is 1. The number of ether oxygens (including phenoxy) is 1. The molecule has 2 amide bonds. The molecule has 0 bridgehead atoms. The Labute approximate surface area is 168 Å². The lowest BCUT2D eigenvalue weighted by Crippen LogP contribution is -2.57. The number of benzene rings is 1. The highest BCUT2D eigenvalue weighted by Crippen LogP contribution is 2.32. The zero-order chi connectivity index (χ0) is 20.1. The average molecular weight is 388 g/mol. The smallest absolute Gasteiger partial charge is 0.242 e. The van der Waals surface area contributed by atoms with Gasteiger partial charge in [0.1, 0.15) is 5.75 Å². The Morgan fingerprint density at radius 1 is 1.11 bits per heavy atom. The van der Waals surface area contributed by atoms with Crippen LogP contribution in [0.3, 0.4) is 0 Å². The maximum absolute atomic E-state index is 13.2. The van der Waals surface area contributed by atoms with Crippen LogP contribution in [-0.2, 0) is 9.59 Å². The second-order valence-corrected chi connectivity index (χ2v) is 8.23. The molecule has 6 heteroatoms. The van der Waals surface area contributed by atoms with E-state index in [1.807, 2.05) is 43.0 Å². The van der Waals surface area contributed by atoms with Gasteiger partial charge in [0.2, 0.25) is 11.8 Å². The van der Waals surface area contributed by atoms with Crippen molar-refractivity contribution in [1.82, 2.24) is 9.80 Å². The molecule has 1 N–H and O–H groups in total. The number of piperazine rings is 1. The topological polar surface area (TPSA) is 61.9 Å². The molecule has 1 saturated heterocycles. The highest BCUT2D eigenvalue weighted by Gasteiger charge is 2.37. The number of carbonyl (C=O) groups excluding carboxylic acids is 2. The summed E-state index contributed by atoms with van der Waals surface area (Å²) >= 11 is 0. The Balaban J connectivity index is 1.69. The molecule has 1 saturated carbocycles. The Hall–Kier alpha value is -2.08. The quantitative estimate of drug-likeness (QED) is 0.815. The molecule has 1 atom stereocenters. The first-order chi connectivity index (χ1) is 13.5. The van der Waals surface area contributed by atoms with E-state index >= 15 is 0 Å². The monoisotopic (exact) mass is 387 g/mol. The van der Waals surface area contributed by atoms with E-state index in [1.165, 1.54) is 12.8 Å². The van der Waals surface area contributed by atoms with Crippen LogP contribution in [0, 0.1) is 11.8 Å². The summed E-state index contributed by atoms with van der Waals surface area (Å²) in [5.74, 6) is 1.41. The fourth-order valence-corrected chi connectivity index (χ4v) is 4.45. The Morgan fingerprint density at radius 3 is 2.39 bits per heavy atom. The summed E-state index contributed by atoms with van der Waals surface area (Å²) in [6.45, 7) is 6.80. The molecular formula is C22H33N3O3. The minimum Gasteiger partial charge on any atom is -0.497 e. The summed E-state index contributed by atoms with van der Waals surface area (Å²) in [5, 5.41) is 3.10. The number of amides is 2. The largest absolute Gasteiger partial charge is 0.497 e. The van der Waals surface area contributed by atoms with Gasteiger partial charge in [0.25, 0.3) is 0 Å². The van der Waals surface area contributed by atoms with Crippen LogP contribution in [0.1, 0.15) is 39.5 Å². The first-order valence-corrected chi connectivity index (χ1v) is 10.5. The second kappa shape index (κ2) is 9.41. The van der Waals surface area contributed by atoms with E-state index in [1.54, 1.807) is 7.11 Å². The Morgan fingerprint density at radius 2 is 1.79 bits per heavy atom. The molecular weight excluding hydrogens is 354 g/mol. The summed E-state index contributed by atoms with van der Waals surface area (Å²) in [6, 6.07) is 7.36. The lowest BCUT2D eigenvalue weighted by atomic mass is 9.94. The third kappa shape index (κ3) is 4.85. The van der Waals surface area contributed by atoms with Gasteiger partial charge in [-0.15, -0.1) is 0 Å². The molecule has 6 nitrogen and oxygen atoms in total. The molecule has 0 aromatic heterocycles. The van der Waals surface area contributed by atoms with Crippen LogP contribution in [0.15, 0.2) is 24.3 Å². The minimum absolute atomic E-state index is 0.0218. The van der Waals surface area contributed by atoms with Gasteiger partial charge in [-0.05, 0) is 30.9 Å². The van der Waals surface area contributed by atoms with E-state index in [0.29, 0.717) is 19.0 Å². The number of anilines is 1. The molecule has 2 aliphatic rings. The van der Waals surface area contributed by atoms with Crippen LogP contribution in [0.25, 0.3) is 0 Å². The number of hydrogen-bond acceptors (Lipinski definition) is 4. The van der Waals surface area contributed by atoms with E-state index < -0.39 is 0 Å². The molecule has 0 spiro atoms. The van der Waals surface area contributed by atoms with Crippen molar-refractivity contribution >= 4 is 17.5 Å². The zero-order valence-electron chi connectivity index (χ0n) is 17.3. The zero-order valence-corrected chi connectivity index (χ0v) is 17.3. The third-order valence-electron chi connectivity index (χ3n) is 5.97. The summed E-state index contributed by atoms with van der Waals surface area (Å²) in [7, 11) is 1.63. The number of methoxy groups -OCH3 is 1. The minimum atomic E-state index is -0.134. The van der Waals surface area contributed by atoms with Crippen molar-refractivity contribution < 1.29 is 14.3 Å². The van der Waals surface area contributed by atoms with Crippen molar-refractivity contribution in [1.29, 1.82) is 0 Å². The molecule has 28 heavy (non-hydrogen) atoms.